The van der Waals surface area contributed by atoms with Crippen LogP contribution in [0.3, 0.4) is 0 Å². The molecule has 7 heteroatoms. The summed E-state index contributed by atoms with van der Waals surface area (Å²) in [6.07, 6.45) is 6.15. The van der Waals surface area contributed by atoms with Gasteiger partial charge in [-0.15, -0.1) is 10.2 Å². The number of aromatic amines is 1. The van der Waals surface area contributed by atoms with Crippen molar-refractivity contribution in [3.63, 3.8) is 0 Å². The highest BCUT2D eigenvalue weighted by Crippen LogP contribution is 2.17. The van der Waals surface area contributed by atoms with Crippen LogP contribution in [0.2, 0.25) is 0 Å². The van der Waals surface area contributed by atoms with Gasteiger partial charge in [0.2, 0.25) is 0 Å². The van der Waals surface area contributed by atoms with Crippen molar-refractivity contribution in [1.29, 1.82) is 0 Å². The van der Waals surface area contributed by atoms with E-state index in [0.717, 1.165) is 11.9 Å². The van der Waals surface area contributed by atoms with E-state index in [4.69, 9.17) is 0 Å². The summed E-state index contributed by atoms with van der Waals surface area (Å²) < 4.78 is 1.59. The molecule has 4 aromatic rings. The van der Waals surface area contributed by atoms with Crippen molar-refractivity contribution < 1.29 is 4.79 Å². The predicted octanol–water partition coefficient (Wildman–Crippen LogP) is 2.12. The number of aromatic nitrogens is 5. The van der Waals surface area contributed by atoms with Crippen LogP contribution in [0.4, 0.5) is 0 Å². The monoisotopic (exact) mass is 332 g/mol. The molecule has 1 amide bonds. The average Bonchev–Trinajstić information content (AvgIpc) is 3.32. The smallest absolute Gasteiger partial charge is 0.271 e. The highest BCUT2D eigenvalue weighted by atomic mass is 16.1. The van der Waals surface area contributed by atoms with Crippen molar-refractivity contribution in [2.45, 2.75) is 6.42 Å². The third-order valence-corrected chi connectivity index (χ3v) is 3.98. The van der Waals surface area contributed by atoms with Gasteiger partial charge in [-0.05, 0) is 36.2 Å². The summed E-state index contributed by atoms with van der Waals surface area (Å²) in [5, 5.41) is 16.1. The Morgan fingerprint density at radius 3 is 2.84 bits per heavy atom. The Kier molecular flexibility index (Phi) is 3.96. The molecule has 0 saturated heterocycles. The summed E-state index contributed by atoms with van der Waals surface area (Å²) >= 11 is 0. The molecule has 0 unspecified atom stereocenters. The maximum absolute atomic E-state index is 12.2. The zero-order chi connectivity index (χ0) is 17.1. The molecule has 3 aromatic heterocycles. The van der Waals surface area contributed by atoms with Crippen molar-refractivity contribution in [3.8, 4) is 5.82 Å². The van der Waals surface area contributed by atoms with E-state index in [9.17, 15) is 4.79 Å². The van der Waals surface area contributed by atoms with Crippen molar-refractivity contribution in [1.82, 2.24) is 30.3 Å². The second-order valence-electron chi connectivity index (χ2n) is 5.59. The van der Waals surface area contributed by atoms with Gasteiger partial charge in [-0.2, -0.15) is 5.10 Å². The van der Waals surface area contributed by atoms with Crippen molar-refractivity contribution in [2.75, 3.05) is 6.54 Å². The molecule has 0 aliphatic rings. The van der Waals surface area contributed by atoms with E-state index in [2.05, 4.69) is 31.7 Å². The molecule has 0 saturated carbocycles. The molecule has 1 aromatic carbocycles. The average molecular weight is 332 g/mol. The minimum atomic E-state index is -0.237. The molecule has 7 nitrogen and oxygen atoms in total. The van der Waals surface area contributed by atoms with Gasteiger partial charge < -0.3 is 10.3 Å². The first-order valence-electron chi connectivity index (χ1n) is 7.98. The topological polar surface area (TPSA) is 88.5 Å². The molecule has 25 heavy (non-hydrogen) atoms. The molecule has 4 rings (SSSR count). The summed E-state index contributed by atoms with van der Waals surface area (Å²) in [5.41, 5.74) is 2.56. The molecule has 0 aliphatic carbocycles. The highest BCUT2D eigenvalue weighted by molar-refractivity contribution is 5.92. The highest BCUT2D eigenvalue weighted by Gasteiger charge is 2.09. The summed E-state index contributed by atoms with van der Waals surface area (Å²) in [6.45, 7) is 0.531. The van der Waals surface area contributed by atoms with E-state index < -0.39 is 0 Å². The fourth-order valence-corrected chi connectivity index (χ4v) is 2.71. The summed E-state index contributed by atoms with van der Waals surface area (Å²) in [6, 6.07) is 13.3. The molecule has 0 spiro atoms. The standard InChI is InChI=1S/C18H16N6O/c25-18(16-6-7-17(23-22-16)24-11-3-9-21-24)19-10-8-13-12-20-15-5-2-1-4-14(13)15/h1-7,9,11-12,20H,8,10H2,(H,19,25). The Balaban J connectivity index is 1.37. The van der Waals surface area contributed by atoms with Crippen LogP contribution in [0.15, 0.2) is 61.1 Å². The third kappa shape index (κ3) is 3.12. The van der Waals surface area contributed by atoms with Crippen LogP contribution in [0, 0.1) is 0 Å². The van der Waals surface area contributed by atoms with Crippen LogP contribution in [-0.4, -0.2) is 37.4 Å². The fraction of sp³-hybridized carbons (Fsp3) is 0.111. The second kappa shape index (κ2) is 6.56. The lowest BCUT2D eigenvalue weighted by Crippen LogP contribution is -2.26. The maximum atomic E-state index is 12.2. The van der Waals surface area contributed by atoms with E-state index in [1.165, 1.54) is 10.9 Å². The van der Waals surface area contributed by atoms with Crippen LogP contribution in [-0.2, 0) is 6.42 Å². The van der Waals surface area contributed by atoms with Crippen LogP contribution in [0.1, 0.15) is 16.1 Å². The summed E-state index contributed by atoms with van der Waals surface area (Å²) in [4.78, 5) is 15.4. The minimum absolute atomic E-state index is 0.237. The zero-order valence-corrected chi connectivity index (χ0v) is 13.4. The van der Waals surface area contributed by atoms with Gasteiger partial charge in [-0.3, -0.25) is 4.79 Å². The lowest BCUT2D eigenvalue weighted by molar-refractivity contribution is 0.0948. The Hall–Kier alpha value is -3.48. The fourth-order valence-electron chi connectivity index (χ4n) is 2.71. The Labute approximate surface area is 143 Å². The SMILES string of the molecule is O=C(NCCc1c[nH]c2ccccc12)c1ccc(-n2cccn2)nn1. The van der Waals surface area contributed by atoms with Gasteiger partial charge in [0.25, 0.3) is 5.91 Å². The first-order chi connectivity index (χ1) is 12.3. The molecule has 124 valence electrons. The quantitative estimate of drug-likeness (QED) is 0.586. The zero-order valence-electron chi connectivity index (χ0n) is 13.4. The van der Waals surface area contributed by atoms with Gasteiger partial charge in [-0.1, -0.05) is 18.2 Å². The van der Waals surface area contributed by atoms with Gasteiger partial charge >= 0.3 is 0 Å². The van der Waals surface area contributed by atoms with E-state index in [1.54, 1.807) is 35.3 Å². The second-order valence-corrected chi connectivity index (χ2v) is 5.59. The number of benzene rings is 1. The normalized spacial score (nSPS) is 10.9. The number of carbonyl (C=O) groups excluding carboxylic acids is 1. The maximum Gasteiger partial charge on any atom is 0.271 e. The number of fused-ring (bicyclic) bond motifs is 1. The minimum Gasteiger partial charge on any atom is -0.361 e. The molecular weight excluding hydrogens is 316 g/mol. The molecule has 2 N–H and O–H groups in total. The van der Waals surface area contributed by atoms with Gasteiger partial charge in [-0.25, -0.2) is 4.68 Å². The van der Waals surface area contributed by atoms with Crippen LogP contribution in [0.25, 0.3) is 16.7 Å². The van der Waals surface area contributed by atoms with E-state index in [1.807, 2.05) is 24.4 Å². The summed E-state index contributed by atoms with van der Waals surface area (Å²) in [5.74, 6) is 0.333. The molecule has 3 heterocycles. The number of amides is 1. The van der Waals surface area contributed by atoms with E-state index in [0.29, 0.717) is 12.4 Å². The molecular formula is C18H16N6O. The van der Waals surface area contributed by atoms with Gasteiger partial charge in [0, 0.05) is 36.0 Å². The van der Waals surface area contributed by atoms with Crippen LogP contribution < -0.4 is 5.32 Å². The largest absolute Gasteiger partial charge is 0.361 e. The van der Waals surface area contributed by atoms with Crippen LogP contribution >= 0.6 is 0 Å². The number of hydrogen-bond acceptors (Lipinski definition) is 4. The Morgan fingerprint density at radius 1 is 1.12 bits per heavy atom. The van der Waals surface area contributed by atoms with Crippen molar-refractivity contribution in [3.05, 3.63) is 72.3 Å². The lowest BCUT2D eigenvalue weighted by Gasteiger charge is -2.05. The first-order valence-corrected chi connectivity index (χ1v) is 7.98. The van der Waals surface area contributed by atoms with Gasteiger partial charge in [0.05, 0.1) is 0 Å². The molecule has 0 atom stereocenters. The third-order valence-electron chi connectivity index (χ3n) is 3.98. The molecule has 0 aliphatic heterocycles. The number of carbonyl (C=O) groups is 1. The lowest BCUT2D eigenvalue weighted by atomic mass is 10.1. The van der Waals surface area contributed by atoms with Crippen LogP contribution in [0.5, 0.6) is 0 Å². The molecule has 0 radical (unpaired) electrons. The van der Waals surface area contributed by atoms with E-state index in [-0.39, 0.29) is 11.6 Å². The predicted molar refractivity (Wildman–Crippen MR) is 93.5 cm³/mol. The first kappa shape index (κ1) is 15.1. The Morgan fingerprint density at radius 2 is 2.04 bits per heavy atom. The Bertz CT molecular complexity index is 988. The number of nitrogens with one attached hydrogen (secondary N) is 2. The molecule has 0 fully saturated rings. The number of hydrogen-bond donors (Lipinski definition) is 2. The number of H-pyrrole nitrogens is 1. The van der Waals surface area contributed by atoms with Gasteiger partial charge in [0.15, 0.2) is 11.5 Å². The number of para-hydroxylation sites is 1. The summed E-state index contributed by atoms with van der Waals surface area (Å²) in [7, 11) is 0. The molecule has 0 bridgehead atoms. The van der Waals surface area contributed by atoms with Crippen molar-refractivity contribution >= 4 is 16.8 Å². The number of rotatable bonds is 5. The van der Waals surface area contributed by atoms with Gasteiger partial charge in [0.1, 0.15) is 0 Å². The van der Waals surface area contributed by atoms with E-state index >= 15 is 0 Å². The van der Waals surface area contributed by atoms with Crippen molar-refractivity contribution in [2.24, 2.45) is 0 Å². The number of nitrogens with zero attached hydrogens (tertiary/aromatic N) is 4.